The fraction of sp³-hybridized carbons (Fsp3) is 0.364. The lowest BCUT2D eigenvalue weighted by Crippen LogP contribution is -2.10. The summed E-state index contributed by atoms with van der Waals surface area (Å²) in [5, 5.41) is 18.8. The van der Waals surface area contributed by atoms with Gasteiger partial charge in [-0.3, -0.25) is 5.01 Å². The summed E-state index contributed by atoms with van der Waals surface area (Å²) >= 11 is 2.17. The van der Waals surface area contributed by atoms with Crippen LogP contribution in [0.2, 0.25) is 0 Å². The van der Waals surface area contributed by atoms with Crippen molar-refractivity contribution in [2.45, 2.75) is 13.3 Å². The van der Waals surface area contributed by atoms with Crippen molar-refractivity contribution in [2.75, 3.05) is 13.6 Å². The Morgan fingerprint density at radius 2 is 2.25 bits per heavy atom. The maximum absolute atomic E-state index is 8.94. The van der Waals surface area contributed by atoms with Gasteiger partial charge in [-0.15, -0.1) is 5.11 Å². The molecule has 0 fully saturated rings. The maximum atomic E-state index is 8.94. The molecule has 1 aromatic carbocycles. The smallest absolute Gasteiger partial charge is 0.105 e. The van der Waals surface area contributed by atoms with Gasteiger partial charge in [-0.1, -0.05) is 12.1 Å². The van der Waals surface area contributed by atoms with Crippen LogP contribution in [0.15, 0.2) is 28.5 Å². The van der Waals surface area contributed by atoms with Gasteiger partial charge in [0.2, 0.25) is 0 Å². The van der Waals surface area contributed by atoms with E-state index in [0.29, 0.717) is 11.3 Å². The van der Waals surface area contributed by atoms with Crippen LogP contribution in [0.25, 0.3) is 0 Å². The fourth-order valence-corrected chi connectivity index (χ4v) is 1.67. The van der Waals surface area contributed by atoms with Crippen molar-refractivity contribution < 1.29 is 0 Å². The van der Waals surface area contributed by atoms with Gasteiger partial charge in [0.1, 0.15) is 11.8 Å². The summed E-state index contributed by atoms with van der Waals surface area (Å²) in [6, 6.07) is 7.64. The Kier molecular flexibility index (Phi) is 5.19. The first-order chi connectivity index (χ1) is 7.67. The Morgan fingerprint density at radius 1 is 1.50 bits per heavy atom. The van der Waals surface area contributed by atoms with Crippen LogP contribution in [0.3, 0.4) is 0 Å². The van der Waals surface area contributed by atoms with Crippen LogP contribution in [0.5, 0.6) is 0 Å². The molecule has 16 heavy (non-hydrogen) atoms. The molecule has 0 amide bonds. The van der Waals surface area contributed by atoms with Crippen molar-refractivity contribution >= 4 is 28.3 Å². The lowest BCUT2D eigenvalue weighted by molar-refractivity contribution is 0.332. The highest BCUT2D eigenvalue weighted by atomic mass is 127. The molecule has 0 N–H and O–H groups in total. The van der Waals surface area contributed by atoms with Crippen molar-refractivity contribution in [3.05, 3.63) is 27.3 Å². The Balaban J connectivity index is 2.85. The molecule has 1 aromatic rings. The standard InChI is InChI=1S/C11H13IN4/c1-3-6-16(2)15-14-11-5-4-10(12)7-9(11)8-13/h4-5,7H,3,6H2,1-2H3. The molecule has 4 nitrogen and oxygen atoms in total. The zero-order valence-electron chi connectivity index (χ0n) is 9.31. The van der Waals surface area contributed by atoms with Crippen molar-refractivity contribution in [1.29, 1.82) is 5.26 Å². The molecule has 5 heteroatoms. The lowest BCUT2D eigenvalue weighted by Gasteiger charge is -2.08. The number of hydrogen-bond acceptors (Lipinski definition) is 3. The molecule has 1 rings (SSSR count). The summed E-state index contributed by atoms with van der Waals surface area (Å²) in [6.45, 7) is 2.94. The Bertz CT molecular complexity index is 422. The first kappa shape index (κ1) is 12.9. The van der Waals surface area contributed by atoms with Gasteiger partial charge in [0.25, 0.3) is 0 Å². The van der Waals surface area contributed by atoms with Crippen LogP contribution >= 0.6 is 22.6 Å². The molecule has 0 radical (unpaired) electrons. The molecule has 0 bridgehead atoms. The molecular weight excluding hydrogens is 315 g/mol. The van der Waals surface area contributed by atoms with Gasteiger partial charge in [-0.05, 0) is 47.2 Å². The van der Waals surface area contributed by atoms with Gasteiger partial charge in [0, 0.05) is 17.2 Å². The van der Waals surface area contributed by atoms with E-state index in [2.05, 4.69) is 45.9 Å². The lowest BCUT2D eigenvalue weighted by atomic mass is 10.2. The molecule has 0 saturated heterocycles. The predicted molar refractivity (Wildman–Crippen MR) is 71.3 cm³/mol. The number of nitriles is 1. The first-order valence-electron chi connectivity index (χ1n) is 4.99. The van der Waals surface area contributed by atoms with Gasteiger partial charge in [-0.25, -0.2) is 0 Å². The average molecular weight is 328 g/mol. The van der Waals surface area contributed by atoms with E-state index in [1.807, 2.05) is 19.2 Å². The van der Waals surface area contributed by atoms with Crippen LogP contribution in [0.1, 0.15) is 18.9 Å². The molecule has 0 aromatic heterocycles. The second-order valence-electron chi connectivity index (χ2n) is 3.34. The second-order valence-corrected chi connectivity index (χ2v) is 4.59. The first-order valence-corrected chi connectivity index (χ1v) is 6.07. The van der Waals surface area contributed by atoms with E-state index < -0.39 is 0 Å². The Morgan fingerprint density at radius 3 is 2.88 bits per heavy atom. The van der Waals surface area contributed by atoms with E-state index in [9.17, 15) is 0 Å². The minimum Gasteiger partial charge on any atom is -0.282 e. The Labute approximate surface area is 109 Å². The molecule has 0 atom stereocenters. The van der Waals surface area contributed by atoms with E-state index in [4.69, 9.17) is 5.26 Å². The van der Waals surface area contributed by atoms with E-state index in [1.165, 1.54) is 0 Å². The predicted octanol–water partition coefficient (Wildman–Crippen LogP) is 3.50. The summed E-state index contributed by atoms with van der Waals surface area (Å²) in [7, 11) is 1.87. The van der Waals surface area contributed by atoms with Crippen LogP contribution < -0.4 is 0 Å². The quantitative estimate of drug-likeness (QED) is 0.482. The third-order valence-electron chi connectivity index (χ3n) is 1.93. The number of halogens is 1. The minimum atomic E-state index is 0.556. The molecule has 0 unspecified atom stereocenters. The molecule has 84 valence electrons. The maximum Gasteiger partial charge on any atom is 0.105 e. The topological polar surface area (TPSA) is 51.8 Å². The van der Waals surface area contributed by atoms with Crippen molar-refractivity contribution in [2.24, 2.45) is 10.3 Å². The largest absolute Gasteiger partial charge is 0.282 e. The second kappa shape index (κ2) is 6.43. The summed E-state index contributed by atoms with van der Waals surface area (Å²) in [6.07, 6.45) is 1.02. The van der Waals surface area contributed by atoms with E-state index in [-0.39, 0.29) is 0 Å². The molecular formula is C11H13IN4. The van der Waals surface area contributed by atoms with Gasteiger partial charge >= 0.3 is 0 Å². The zero-order valence-corrected chi connectivity index (χ0v) is 11.5. The number of rotatable bonds is 4. The fourth-order valence-electron chi connectivity index (χ4n) is 1.18. The van der Waals surface area contributed by atoms with E-state index in [1.54, 1.807) is 11.1 Å². The third-order valence-corrected chi connectivity index (χ3v) is 2.60. The number of nitrogens with zero attached hydrogens (tertiary/aromatic N) is 4. The van der Waals surface area contributed by atoms with Gasteiger partial charge in [0.15, 0.2) is 0 Å². The molecule has 0 aliphatic heterocycles. The normalized spacial score (nSPS) is 10.4. The van der Waals surface area contributed by atoms with Gasteiger partial charge < -0.3 is 0 Å². The Hall–Kier alpha value is -1.16. The van der Waals surface area contributed by atoms with Crippen LogP contribution in [-0.2, 0) is 0 Å². The SMILES string of the molecule is CCCN(C)N=Nc1ccc(I)cc1C#N. The minimum absolute atomic E-state index is 0.556. The van der Waals surface area contributed by atoms with E-state index in [0.717, 1.165) is 16.5 Å². The summed E-state index contributed by atoms with van der Waals surface area (Å²) in [5.74, 6) is 0. The highest BCUT2D eigenvalue weighted by Crippen LogP contribution is 2.21. The van der Waals surface area contributed by atoms with Crippen LogP contribution in [0.4, 0.5) is 5.69 Å². The van der Waals surface area contributed by atoms with Gasteiger partial charge in [0.05, 0.1) is 5.56 Å². The summed E-state index contributed by atoms with van der Waals surface area (Å²) < 4.78 is 1.02. The summed E-state index contributed by atoms with van der Waals surface area (Å²) in [4.78, 5) is 0. The highest BCUT2D eigenvalue weighted by molar-refractivity contribution is 14.1. The molecule has 0 aliphatic carbocycles. The molecule has 0 aliphatic rings. The highest BCUT2D eigenvalue weighted by Gasteiger charge is 2.01. The zero-order chi connectivity index (χ0) is 12.0. The number of hydrogen-bond donors (Lipinski definition) is 0. The van der Waals surface area contributed by atoms with Gasteiger partial charge in [-0.2, -0.15) is 5.26 Å². The van der Waals surface area contributed by atoms with Crippen molar-refractivity contribution in [3.8, 4) is 6.07 Å². The van der Waals surface area contributed by atoms with Crippen molar-refractivity contribution in [1.82, 2.24) is 5.01 Å². The number of benzene rings is 1. The molecule has 0 spiro atoms. The molecule has 0 heterocycles. The van der Waals surface area contributed by atoms with Crippen LogP contribution in [-0.4, -0.2) is 18.6 Å². The average Bonchev–Trinajstić information content (AvgIpc) is 2.27. The monoisotopic (exact) mass is 328 g/mol. The third kappa shape index (κ3) is 3.77. The van der Waals surface area contributed by atoms with E-state index >= 15 is 0 Å². The van der Waals surface area contributed by atoms with Crippen molar-refractivity contribution in [3.63, 3.8) is 0 Å². The summed E-state index contributed by atoms with van der Waals surface area (Å²) in [5.41, 5.74) is 1.17. The molecule has 0 saturated carbocycles. The van der Waals surface area contributed by atoms with Crippen LogP contribution in [0, 0.1) is 14.9 Å².